The molecular formula is C27H28N4O5. The Balaban J connectivity index is 1.37. The van der Waals surface area contributed by atoms with Gasteiger partial charge in [0.15, 0.2) is 5.76 Å². The number of carbonyl (C=O) groups is 3. The van der Waals surface area contributed by atoms with Crippen LogP contribution in [0, 0.1) is 6.92 Å². The molecule has 9 heteroatoms. The van der Waals surface area contributed by atoms with Gasteiger partial charge in [-0.15, -0.1) is 0 Å². The van der Waals surface area contributed by atoms with E-state index in [9.17, 15) is 14.4 Å². The number of hydrogen-bond acceptors (Lipinski definition) is 6. The van der Waals surface area contributed by atoms with Crippen molar-refractivity contribution in [3.05, 3.63) is 89.6 Å². The highest BCUT2D eigenvalue weighted by atomic mass is 16.5. The van der Waals surface area contributed by atoms with Crippen molar-refractivity contribution in [2.24, 2.45) is 0 Å². The van der Waals surface area contributed by atoms with E-state index in [1.54, 1.807) is 40.4 Å². The molecule has 0 aliphatic carbocycles. The van der Waals surface area contributed by atoms with Crippen LogP contribution in [0.25, 0.3) is 0 Å². The number of likely N-dealkylation sites (tertiary alicyclic amines) is 1. The molecule has 0 saturated carbocycles. The van der Waals surface area contributed by atoms with Gasteiger partial charge >= 0.3 is 0 Å². The highest BCUT2D eigenvalue weighted by molar-refractivity contribution is 5.98. The molecule has 3 amide bonds. The molecule has 1 atom stereocenters. The zero-order chi connectivity index (χ0) is 25.1. The number of aryl methyl sites for hydroxylation is 1. The van der Waals surface area contributed by atoms with Crippen molar-refractivity contribution in [1.82, 2.24) is 20.1 Å². The Labute approximate surface area is 209 Å². The van der Waals surface area contributed by atoms with E-state index in [0.29, 0.717) is 38.0 Å². The second kappa shape index (κ2) is 9.94. The first-order valence-corrected chi connectivity index (χ1v) is 12.0. The molecule has 9 nitrogen and oxygen atoms in total. The van der Waals surface area contributed by atoms with Gasteiger partial charge in [0, 0.05) is 50.4 Å². The molecule has 1 N–H and O–H groups in total. The Hall–Kier alpha value is -3.98. The summed E-state index contributed by atoms with van der Waals surface area (Å²) in [6, 6.07) is 13.5. The van der Waals surface area contributed by atoms with Gasteiger partial charge in [-0.25, -0.2) is 0 Å². The zero-order valence-electron chi connectivity index (χ0n) is 20.1. The number of nitrogens with zero attached hydrogens (tertiary/aromatic N) is 3. The lowest BCUT2D eigenvalue weighted by Gasteiger charge is -2.44. The van der Waals surface area contributed by atoms with Crippen molar-refractivity contribution >= 4 is 17.7 Å². The third-order valence-corrected chi connectivity index (χ3v) is 6.83. The monoisotopic (exact) mass is 488 g/mol. The first-order valence-electron chi connectivity index (χ1n) is 12.0. The largest absolute Gasteiger partial charge is 0.459 e. The number of benzene rings is 1. The van der Waals surface area contributed by atoms with Gasteiger partial charge in [-0.1, -0.05) is 17.7 Å². The number of piperidine rings is 1. The van der Waals surface area contributed by atoms with Crippen LogP contribution in [0.15, 0.2) is 71.6 Å². The molecule has 2 aliphatic rings. The third-order valence-electron chi connectivity index (χ3n) is 6.83. The van der Waals surface area contributed by atoms with Crippen molar-refractivity contribution in [2.75, 3.05) is 19.7 Å². The molecule has 1 aromatic carbocycles. The molecule has 2 fully saturated rings. The summed E-state index contributed by atoms with van der Waals surface area (Å²) >= 11 is 0. The molecule has 4 heterocycles. The van der Waals surface area contributed by atoms with E-state index in [0.717, 1.165) is 11.1 Å². The number of nitrogens with one attached hydrogen (secondary N) is 1. The predicted octanol–water partition coefficient (Wildman–Crippen LogP) is 2.77. The second-order valence-corrected chi connectivity index (χ2v) is 9.16. The number of furan rings is 1. The maximum Gasteiger partial charge on any atom is 0.289 e. The number of pyridine rings is 1. The normalized spacial score (nSPS) is 18.9. The molecule has 3 aromatic rings. The molecule has 36 heavy (non-hydrogen) atoms. The van der Waals surface area contributed by atoms with Gasteiger partial charge in [0.2, 0.25) is 5.91 Å². The van der Waals surface area contributed by atoms with E-state index in [1.807, 2.05) is 37.3 Å². The van der Waals surface area contributed by atoms with Gasteiger partial charge in [-0.05, 0) is 48.9 Å². The third kappa shape index (κ3) is 4.61. The Morgan fingerprint density at radius 2 is 1.83 bits per heavy atom. The molecule has 2 aromatic heterocycles. The van der Waals surface area contributed by atoms with Crippen LogP contribution in [0.4, 0.5) is 0 Å². The van der Waals surface area contributed by atoms with E-state index in [-0.39, 0.29) is 30.1 Å². The smallest absolute Gasteiger partial charge is 0.289 e. The fourth-order valence-electron chi connectivity index (χ4n) is 4.91. The fraction of sp³-hybridized carbons (Fsp3) is 0.333. The topological polar surface area (TPSA) is 105 Å². The Morgan fingerprint density at radius 1 is 1.06 bits per heavy atom. The van der Waals surface area contributed by atoms with Crippen molar-refractivity contribution in [1.29, 1.82) is 0 Å². The van der Waals surface area contributed by atoms with Gasteiger partial charge in [-0.3, -0.25) is 24.3 Å². The fourth-order valence-corrected chi connectivity index (χ4v) is 4.91. The minimum atomic E-state index is -0.973. The highest BCUT2D eigenvalue weighted by Crippen LogP contribution is 2.39. The van der Waals surface area contributed by atoms with Crippen LogP contribution in [0.1, 0.15) is 44.9 Å². The summed E-state index contributed by atoms with van der Waals surface area (Å²) in [4.78, 5) is 47.2. The molecule has 0 radical (unpaired) electrons. The van der Waals surface area contributed by atoms with Crippen LogP contribution < -0.4 is 5.32 Å². The Kier molecular flexibility index (Phi) is 6.56. The SMILES string of the molecule is Cc1cccc(C(=O)N2[C@H](C(=O)NCc3ccncc3)COC23CCN(C(=O)c2ccco2)CC3)c1. The van der Waals surface area contributed by atoms with Crippen LogP contribution in [-0.4, -0.2) is 64.0 Å². The molecule has 5 rings (SSSR count). The van der Waals surface area contributed by atoms with E-state index < -0.39 is 11.8 Å². The Morgan fingerprint density at radius 3 is 2.53 bits per heavy atom. The zero-order valence-corrected chi connectivity index (χ0v) is 20.1. The summed E-state index contributed by atoms with van der Waals surface area (Å²) in [5.74, 6) is -0.458. The first-order chi connectivity index (χ1) is 17.5. The highest BCUT2D eigenvalue weighted by Gasteiger charge is 2.54. The maximum absolute atomic E-state index is 13.8. The minimum Gasteiger partial charge on any atom is -0.459 e. The van der Waals surface area contributed by atoms with Gasteiger partial charge in [0.1, 0.15) is 11.8 Å². The van der Waals surface area contributed by atoms with Gasteiger partial charge in [0.05, 0.1) is 12.9 Å². The van der Waals surface area contributed by atoms with Crippen LogP contribution in [0.2, 0.25) is 0 Å². The Bertz CT molecular complexity index is 1240. The number of amides is 3. The molecular weight excluding hydrogens is 460 g/mol. The summed E-state index contributed by atoms with van der Waals surface area (Å²) in [6.07, 6.45) is 5.59. The molecule has 2 saturated heterocycles. The lowest BCUT2D eigenvalue weighted by molar-refractivity contribution is -0.128. The summed E-state index contributed by atoms with van der Waals surface area (Å²) in [5.41, 5.74) is 1.39. The summed E-state index contributed by atoms with van der Waals surface area (Å²) in [7, 11) is 0. The van der Waals surface area contributed by atoms with Crippen LogP contribution in [0.5, 0.6) is 0 Å². The lowest BCUT2D eigenvalue weighted by Crippen LogP contribution is -2.59. The van der Waals surface area contributed by atoms with Gasteiger partial charge < -0.3 is 19.4 Å². The number of ether oxygens (including phenoxy) is 1. The summed E-state index contributed by atoms with van der Waals surface area (Å²) < 4.78 is 11.5. The number of rotatable bonds is 5. The van der Waals surface area contributed by atoms with Crippen molar-refractivity contribution in [3.63, 3.8) is 0 Å². The maximum atomic E-state index is 13.8. The van der Waals surface area contributed by atoms with Crippen LogP contribution >= 0.6 is 0 Å². The average Bonchev–Trinajstić information content (AvgIpc) is 3.57. The number of hydrogen-bond donors (Lipinski definition) is 1. The predicted molar refractivity (Wildman–Crippen MR) is 130 cm³/mol. The van der Waals surface area contributed by atoms with Crippen molar-refractivity contribution in [3.8, 4) is 0 Å². The first kappa shape index (κ1) is 23.7. The minimum absolute atomic E-state index is 0.0892. The quantitative estimate of drug-likeness (QED) is 0.592. The number of carbonyl (C=O) groups excluding carboxylic acids is 3. The van der Waals surface area contributed by atoms with Crippen molar-refractivity contribution in [2.45, 2.75) is 38.1 Å². The summed E-state index contributed by atoms with van der Waals surface area (Å²) in [6.45, 7) is 3.09. The van der Waals surface area contributed by atoms with E-state index >= 15 is 0 Å². The van der Waals surface area contributed by atoms with E-state index in [2.05, 4.69) is 10.3 Å². The summed E-state index contributed by atoms with van der Waals surface area (Å²) in [5, 5.41) is 2.94. The van der Waals surface area contributed by atoms with E-state index in [1.165, 1.54) is 6.26 Å². The van der Waals surface area contributed by atoms with Crippen molar-refractivity contribution < 1.29 is 23.5 Å². The molecule has 0 unspecified atom stereocenters. The standard InChI is InChI=1S/C27H28N4O5/c1-19-4-2-5-21(16-19)25(33)31-22(24(32)29-17-20-7-11-28-12-8-20)18-36-27(31)9-13-30(14-10-27)26(34)23-6-3-15-35-23/h2-8,11-12,15-16,22H,9-10,13-14,17-18H2,1H3,(H,29,32)/t22-/m0/s1. The molecule has 2 aliphatic heterocycles. The molecule has 0 bridgehead atoms. The van der Waals surface area contributed by atoms with Gasteiger partial charge in [0.25, 0.3) is 11.8 Å². The second-order valence-electron chi connectivity index (χ2n) is 9.16. The van der Waals surface area contributed by atoms with Crippen LogP contribution in [0.3, 0.4) is 0 Å². The molecule has 186 valence electrons. The van der Waals surface area contributed by atoms with Crippen LogP contribution in [-0.2, 0) is 16.1 Å². The van der Waals surface area contributed by atoms with Gasteiger partial charge in [-0.2, -0.15) is 0 Å². The average molecular weight is 489 g/mol. The van der Waals surface area contributed by atoms with E-state index in [4.69, 9.17) is 9.15 Å². The number of aromatic nitrogens is 1. The lowest BCUT2D eigenvalue weighted by atomic mass is 9.96. The molecule has 1 spiro atoms.